The molecule has 1 fully saturated rings. The third-order valence-electron chi connectivity index (χ3n) is 3.32. The van der Waals surface area contributed by atoms with Crippen LogP contribution in [0.1, 0.15) is 18.0 Å². The van der Waals surface area contributed by atoms with Crippen LogP contribution in [0.5, 0.6) is 0 Å². The summed E-state index contributed by atoms with van der Waals surface area (Å²) in [6.07, 6.45) is -3.58. The fourth-order valence-electron chi connectivity index (χ4n) is 2.39. The van der Waals surface area contributed by atoms with Crippen molar-refractivity contribution in [1.82, 2.24) is 9.55 Å². The molecule has 1 aliphatic heterocycles. The molecule has 7 heteroatoms. The van der Waals surface area contributed by atoms with Gasteiger partial charge in [-0.15, -0.1) is 0 Å². The van der Waals surface area contributed by atoms with Gasteiger partial charge in [0.2, 0.25) is 0 Å². The molecule has 0 spiro atoms. The smallest absolute Gasteiger partial charge is 0.306 e. The lowest BCUT2D eigenvalue weighted by atomic mass is 10.2. The van der Waals surface area contributed by atoms with E-state index in [2.05, 4.69) is 4.98 Å². The lowest BCUT2D eigenvalue weighted by molar-refractivity contribution is -0.137. The number of hydrogen-bond acceptors (Lipinski definition) is 2. The molecule has 0 aliphatic carbocycles. The predicted octanol–water partition coefficient (Wildman–Crippen LogP) is 3.03. The van der Waals surface area contributed by atoms with Crippen LogP contribution in [0.2, 0.25) is 0 Å². The third-order valence-corrected chi connectivity index (χ3v) is 4.46. The Hall–Kier alpha value is -1.37. The van der Waals surface area contributed by atoms with Crippen molar-refractivity contribution in [1.29, 1.82) is 0 Å². The number of fused-ring (bicyclic) bond motifs is 1. The molecule has 1 N–H and O–H groups in total. The molecular weight excluding hydrogens is 277 g/mol. The van der Waals surface area contributed by atoms with Gasteiger partial charge in [0.05, 0.1) is 16.6 Å². The number of nitrogens with one attached hydrogen (secondary N) is 1. The summed E-state index contributed by atoms with van der Waals surface area (Å²) in [5.74, 6) is 1.70. The van der Waals surface area contributed by atoms with Gasteiger partial charge in [0.25, 0.3) is 0 Å². The molecule has 19 heavy (non-hydrogen) atoms. The first-order chi connectivity index (χ1) is 8.97. The van der Waals surface area contributed by atoms with E-state index in [0.717, 1.165) is 30.1 Å². The summed E-state index contributed by atoms with van der Waals surface area (Å²) in [7, 11) is 0. The fraction of sp³-hybridized carbons (Fsp3) is 0.417. The van der Waals surface area contributed by atoms with Gasteiger partial charge in [-0.1, -0.05) is 0 Å². The van der Waals surface area contributed by atoms with Gasteiger partial charge in [0, 0.05) is 11.8 Å². The Morgan fingerprint density at radius 1 is 1.37 bits per heavy atom. The molecule has 1 saturated heterocycles. The van der Waals surface area contributed by atoms with Gasteiger partial charge in [-0.25, -0.2) is 4.79 Å². The molecule has 3 rings (SSSR count). The first-order valence-electron chi connectivity index (χ1n) is 5.86. The molecule has 1 aromatic heterocycles. The lowest BCUT2D eigenvalue weighted by Gasteiger charge is -2.12. The quantitative estimate of drug-likeness (QED) is 0.876. The SMILES string of the molecule is O=c1[nH]c2ccc(C(F)(F)F)cc2n1C1CCSC1. The lowest BCUT2D eigenvalue weighted by Crippen LogP contribution is -2.22. The second-order valence-corrected chi connectivity index (χ2v) is 5.70. The van der Waals surface area contributed by atoms with Crippen molar-refractivity contribution in [3.63, 3.8) is 0 Å². The predicted molar refractivity (Wildman–Crippen MR) is 68.5 cm³/mol. The van der Waals surface area contributed by atoms with Crippen molar-refractivity contribution in [3.05, 3.63) is 34.2 Å². The number of halogens is 3. The van der Waals surface area contributed by atoms with E-state index in [1.165, 1.54) is 10.6 Å². The van der Waals surface area contributed by atoms with Crippen molar-refractivity contribution < 1.29 is 13.2 Å². The van der Waals surface area contributed by atoms with Crippen LogP contribution in [0.4, 0.5) is 13.2 Å². The van der Waals surface area contributed by atoms with E-state index in [4.69, 9.17) is 0 Å². The zero-order valence-electron chi connectivity index (χ0n) is 9.83. The highest BCUT2D eigenvalue weighted by Crippen LogP contribution is 2.33. The van der Waals surface area contributed by atoms with E-state index in [1.807, 2.05) is 0 Å². The van der Waals surface area contributed by atoms with Gasteiger partial charge in [-0.05, 0) is 30.4 Å². The number of alkyl halides is 3. The summed E-state index contributed by atoms with van der Waals surface area (Å²) in [5, 5.41) is 0. The Balaban J connectivity index is 2.20. The van der Waals surface area contributed by atoms with Crippen LogP contribution in [0.3, 0.4) is 0 Å². The van der Waals surface area contributed by atoms with Crippen molar-refractivity contribution in [3.8, 4) is 0 Å². The molecule has 1 atom stereocenters. The van der Waals surface area contributed by atoms with Crippen LogP contribution in [-0.2, 0) is 6.18 Å². The molecule has 1 aromatic carbocycles. The number of thioether (sulfide) groups is 1. The first kappa shape index (κ1) is 12.7. The van der Waals surface area contributed by atoms with Crippen LogP contribution >= 0.6 is 11.8 Å². The normalized spacial score (nSPS) is 20.3. The van der Waals surface area contributed by atoms with Crippen LogP contribution < -0.4 is 5.69 Å². The summed E-state index contributed by atoms with van der Waals surface area (Å²) in [6, 6.07) is 3.34. The largest absolute Gasteiger partial charge is 0.416 e. The summed E-state index contributed by atoms with van der Waals surface area (Å²) in [4.78, 5) is 14.5. The molecule has 3 nitrogen and oxygen atoms in total. The Morgan fingerprint density at radius 2 is 2.16 bits per heavy atom. The van der Waals surface area contributed by atoms with E-state index in [9.17, 15) is 18.0 Å². The molecule has 102 valence electrons. The van der Waals surface area contributed by atoms with E-state index >= 15 is 0 Å². The maximum Gasteiger partial charge on any atom is 0.416 e. The Labute approximate surface area is 110 Å². The molecule has 0 radical (unpaired) electrons. The Bertz CT molecular complexity index is 668. The molecule has 2 aromatic rings. The Morgan fingerprint density at radius 3 is 2.79 bits per heavy atom. The minimum atomic E-state index is -4.39. The van der Waals surface area contributed by atoms with Crippen molar-refractivity contribution in [2.24, 2.45) is 0 Å². The fourth-order valence-corrected chi connectivity index (χ4v) is 3.58. The maximum absolute atomic E-state index is 12.7. The summed E-state index contributed by atoms with van der Waals surface area (Å²) in [5.41, 5.74) is -0.262. The average Bonchev–Trinajstić information content (AvgIpc) is 2.92. The van der Waals surface area contributed by atoms with Crippen LogP contribution in [0, 0.1) is 0 Å². The number of aromatic amines is 1. The van der Waals surface area contributed by atoms with Crippen molar-refractivity contribution in [2.75, 3.05) is 11.5 Å². The second kappa shape index (κ2) is 4.33. The molecular formula is C12H11F3N2OS. The standard InChI is InChI=1S/C12H11F3N2OS/c13-12(14,15)7-1-2-9-10(5-7)17(11(18)16-9)8-3-4-19-6-8/h1-2,5,8H,3-4,6H2,(H,16,18). The molecule has 0 amide bonds. The van der Waals surface area contributed by atoms with Crippen molar-refractivity contribution >= 4 is 22.8 Å². The van der Waals surface area contributed by atoms with Gasteiger partial charge in [0.1, 0.15) is 0 Å². The van der Waals surface area contributed by atoms with Crippen molar-refractivity contribution in [2.45, 2.75) is 18.6 Å². The topological polar surface area (TPSA) is 37.8 Å². The van der Waals surface area contributed by atoms with E-state index in [-0.39, 0.29) is 11.7 Å². The highest BCUT2D eigenvalue weighted by atomic mass is 32.2. The summed E-state index contributed by atoms with van der Waals surface area (Å²) < 4.78 is 39.7. The zero-order chi connectivity index (χ0) is 13.6. The minimum absolute atomic E-state index is 0.0188. The van der Waals surface area contributed by atoms with Gasteiger partial charge < -0.3 is 4.98 Å². The van der Waals surface area contributed by atoms with Gasteiger partial charge in [0.15, 0.2) is 0 Å². The number of aromatic nitrogens is 2. The highest BCUT2D eigenvalue weighted by molar-refractivity contribution is 7.99. The number of hydrogen-bond donors (Lipinski definition) is 1. The van der Waals surface area contributed by atoms with Crippen LogP contribution in [0.15, 0.2) is 23.0 Å². The number of benzene rings is 1. The number of imidazole rings is 1. The summed E-state index contributed by atoms with van der Waals surface area (Å²) in [6.45, 7) is 0. The maximum atomic E-state index is 12.7. The summed E-state index contributed by atoms with van der Waals surface area (Å²) >= 11 is 1.71. The van der Waals surface area contributed by atoms with Crippen LogP contribution in [0.25, 0.3) is 11.0 Å². The zero-order valence-corrected chi connectivity index (χ0v) is 10.6. The molecule has 2 heterocycles. The monoisotopic (exact) mass is 288 g/mol. The highest BCUT2D eigenvalue weighted by Gasteiger charge is 2.31. The number of rotatable bonds is 1. The minimum Gasteiger partial charge on any atom is -0.306 e. The average molecular weight is 288 g/mol. The van der Waals surface area contributed by atoms with Gasteiger partial charge >= 0.3 is 11.9 Å². The molecule has 1 aliphatic rings. The molecule has 0 saturated carbocycles. The number of nitrogens with zero attached hydrogens (tertiary/aromatic N) is 1. The first-order valence-corrected chi connectivity index (χ1v) is 7.01. The third kappa shape index (κ3) is 2.16. The van der Waals surface area contributed by atoms with Gasteiger partial charge in [-0.3, -0.25) is 4.57 Å². The molecule has 1 unspecified atom stereocenters. The number of H-pyrrole nitrogens is 1. The van der Waals surface area contributed by atoms with Gasteiger partial charge in [-0.2, -0.15) is 24.9 Å². The Kier molecular flexibility index (Phi) is 2.88. The van der Waals surface area contributed by atoms with E-state index < -0.39 is 11.7 Å². The van der Waals surface area contributed by atoms with E-state index in [0.29, 0.717) is 11.0 Å². The van der Waals surface area contributed by atoms with Crippen LogP contribution in [-0.4, -0.2) is 21.1 Å². The molecule has 0 bridgehead atoms. The van der Waals surface area contributed by atoms with E-state index in [1.54, 1.807) is 11.8 Å². The second-order valence-electron chi connectivity index (χ2n) is 4.55.